The van der Waals surface area contributed by atoms with E-state index >= 15 is 0 Å². The van der Waals surface area contributed by atoms with Crippen molar-refractivity contribution in [1.29, 1.82) is 0 Å². The second-order valence-electron chi connectivity index (χ2n) is 18.0. The van der Waals surface area contributed by atoms with E-state index in [2.05, 4.69) is 190 Å². The van der Waals surface area contributed by atoms with Gasteiger partial charge in [-0.1, -0.05) is 0 Å². The molecule has 5 aliphatic carbocycles. The normalized spacial score (nSPS) is 27.8. The van der Waals surface area contributed by atoms with Crippen molar-refractivity contribution < 1.29 is 18.3 Å². The van der Waals surface area contributed by atoms with Gasteiger partial charge in [-0.25, -0.2) is 0 Å². The second kappa shape index (κ2) is 12.8. The van der Waals surface area contributed by atoms with Gasteiger partial charge in [0.05, 0.1) is 0 Å². The molecule has 274 valence electrons. The third kappa shape index (κ3) is 4.45. The van der Waals surface area contributed by atoms with Crippen molar-refractivity contribution in [1.82, 2.24) is 0 Å². The Hall–Kier alpha value is -1.35. The fourth-order valence-corrected chi connectivity index (χ4v) is 33.9. The Bertz CT molecular complexity index is 2140. The van der Waals surface area contributed by atoms with Crippen LogP contribution in [0.15, 0.2) is 132 Å². The Morgan fingerprint density at radius 3 is 1.85 bits per heavy atom. The van der Waals surface area contributed by atoms with E-state index in [1.54, 1.807) is 25.6 Å². The molecule has 3 atom stereocenters. The Morgan fingerprint density at radius 1 is 0.712 bits per heavy atom. The third-order valence-electron chi connectivity index (χ3n) is 16.8. The number of benzene rings is 3. The Morgan fingerprint density at radius 2 is 1.29 bits per heavy atom. The van der Waals surface area contributed by atoms with Gasteiger partial charge < -0.3 is 0 Å². The number of rotatable bonds is 4. The molecular weight excluding hydrogens is 886 g/mol. The van der Waals surface area contributed by atoms with Gasteiger partial charge in [-0.3, -0.25) is 0 Å². The second-order valence-corrected chi connectivity index (χ2v) is 33.9. The monoisotopic (exact) mass is 936 g/mol. The summed E-state index contributed by atoms with van der Waals surface area (Å²) >= 11 is 2.53. The number of fused-ring (bicyclic) bond motifs is 6. The Balaban J connectivity index is 0.00000232. The molecule has 0 N–H and O–H groups in total. The van der Waals surface area contributed by atoms with E-state index in [4.69, 9.17) is 4.21 Å². The molecule has 0 aromatic heterocycles. The first-order valence-corrected chi connectivity index (χ1v) is 26.9. The van der Waals surface area contributed by atoms with Crippen LogP contribution in [0.5, 0.6) is 0 Å². The summed E-state index contributed by atoms with van der Waals surface area (Å²) in [6.07, 6.45) is 16.5. The zero-order chi connectivity index (χ0) is 35.7. The molecule has 1 fully saturated rings. The van der Waals surface area contributed by atoms with E-state index in [0.717, 1.165) is 28.2 Å². The first-order valence-electron chi connectivity index (χ1n) is 18.6. The Labute approximate surface area is 343 Å². The number of allylic oxidation sites excluding steroid dienone is 10. The average Bonchev–Trinajstić information content (AvgIpc) is 3.77. The van der Waals surface area contributed by atoms with Crippen LogP contribution in [0.2, 0.25) is 3.12 Å². The minimum atomic E-state index is -5.17. The molecule has 0 bridgehead atoms. The van der Waals surface area contributed by atoms with Gasteiger partial charge in [-0.2, -0.15) is 0 Å². The Kier molecular flexibility index (Phi) is 9.96. The summed E-state index contributed by atoms with van der Waals surface area (Å²) in [6, 6.07) is 28.4. The minimum absolute atomic E-state index is 0. The SMILES string of the molecule is Cl.Cl.[CH2]=[Zr]([C]1=CC=CC1)([c]1ccc(Br)cc1)([c]1ccc(Br)cc1)[C]1(C)C2=C3Cc4ccccc4C3=C3C=CCCC3C2(C)C(C)(C)C(C)(C)C1(C)C. The van der Waals surface area contributed by atoms with Gasteiger partial charge in [-0.05, 0) is 0 Å². The molecule has 3 unspecified atom stereocenters. The molecule has 0 amide bonds. The average molecular weight is 941 g/mol. The van der Waals surface area contributed by atoms with Crippen LogP contribution in [-0.4, -0.2) is 4.21 Å². The molecule has 0 spiro atoms. The maximum absolute atomic E-state index is 6.08. The molecule has 0 aliphatic heterocycles. The number of hydrogen-bond donors (Lipinski definition) is 0. The molecule has 8 rings (SSSR count). The van der Waals surface area contributed by atoms with Crippen molar-refractivity contribution in [3.63, 3.8) is 0 Å². The maximum atomic E-state index is 6.08. The molecule has 5 heteroatoms. The van der Waals surface area contributed by atoms with Crippen LogP contribution < -0.4 is 6.54 Å². The number of halogens is 4. The van der Waals surface area contributed by atoms with Crippen LogP contribution in [0, 0.1) is 27.6 Å². The van der Waals surface area contributed by atoms with E-state index in [1.807, 2.05) is 0 Å². The summed E-state index contributed by atoms with van der Waals surface area (Å²) in [5.41, 5.74) is 9.05. The van der Waals surface area contributed by atoms with Gasteiger partial charge in [0.25, 0.3) is 0 Å². The molecular formula is C47H54Br2Cl2Zr. The van der Waals surface area contributed by atoms with Crippen molar-refractivity contribution in [2.24, 2.45) is 27.6 Å². The van der Waals surface area contributed by atoms with E-state index in [9.17, 15) is 0 Å². The van der Waals surface area contributed by atoms with Gasteiger partial charge in [0, 0.05) is 0 Å². The van der Waals surface area contributed by atoms with Crippen molar-refractivity contribution in [2.45, 2.75) is 84.2 Å². The van der Waals surface area contributed by atoms with Gasteiger partial charge in [0.1, 0.15) is 0 Å². The van der Waals surface area contributed by atoms with Crippen LogP contribution in [0.3, 0.4) is 0 Å². The molecule has 0 heterocycles. The summed E-state index contributed by atoms with van der Waals surface area (Å²) < 4.78 is 12.5. The van der Waals surface area contributed by atoms with Gasteiger partial charge in [-0.15, -0.1) is 24.8 Å². The summed E-state index contributed by atoms with van der Waals surface area (Å²) in [7, 11) is 0. The van der Waals surface area contributed by atoms with E-state index in [-0.39, 0.29) is 49.6 Å². The van der Waals surface area contributed by atoms with E-state index in [1.165, 1.54) is 24.1 Å². The van der Waals surface area contributed by atoms with Gasteiger partial charge in [0.2, 0.25) is 0 Å². The van der Waals surface area contributed by atoms with Crippen LogP contribution >= 0.6 is 56.7 Å². The summed E-state index contributed by atoms with van der Waals surface area (Å²) in [4.78, 5) is 0. The van der Waals surface area contributed by atoms with Crippen molar-refractivity contribution in [2.75, 3.05) is 0 Å². The molecule has 1 saturated carbocycles. The molecule has 52 heavy (non-hydrogen) atoms. The quantitative estimate of drug-likeness (QED) is 0.245. The standard InChI is InChI=1S/C29H37.2C6H4Br.C5H5.CH2.2ClH.Zr/c1-18-25-22-17-19-13-9-10-14-20(19)24(22)21-15-11-12-16-23(21)29(25,8)28(6,7)27(4,5)26(18,2)3;2*7-6-4-2-1-3-5-6;1-2-4-5-3-1;;;;/h9-11,13-15,23H,12,16-17H2,1-8H3;2*2-5H;1-3H,4H2;1H2;2*1H;. The third-order valence-corrected chi connectivity index (χ3v) is 37.7. The molecule has 0 saturated heterocycles. The molecule has 0 nitrogen and oxygen atoms in total. The zero-order valence-electron chi connectivity index (χ0n) is 32.0. The zero-order valence-corrected chi connectivity index (χ0v) is 39.3. The summed E-state index contributed by atoms with van der Waals surface area (Å²) in [5.74, 6) is 0.426. The first-order chi connectivity index (χ1) is 23.5. The van der Waals surface area contributed by atoms with Crippen LogP contribution in [0.25, 0.3) is 5.57 Å². The van der Waals surface area contributed by atoms with Crippen molar-refractivity contribution in [3.05, 3.63) is 143 Å². The fraction of sp³-hybridized carbons (Fsp3) is 0.383. The molecule has 3 aromatic rings. The van der Waals surface area contributed by atoms with Crippen LogP contribution in [0.1, 0.15) is 85.8 Å². The first kappa shape index (κ1) is 40.3. The van der Waals surface area contributed by atoms with Crippen molar-refractivity contribution >= 4 is 73.0 Å². The topological polar surface area (TPSA) is 0 Å². The van der Waals surface area contributed by atoms with Gasteiger partial charge in [0.15, 0.2) is 0 Å². The summed E-state index contributed by atoms with van der Waals surface area (Å²) in [5, 5.41) is 0. The summed E-state index contributed by atoms with van der Waals surface area (Å²) in [6.45, 7) is 21.3. The molecule has 3 aromatic carbocycles. The predicted molar refractivity (Wildman–Crippen MR) is 235 cm³/mol. The van der Waals surface area contributed by atoms with Crippen LogP contribution in [-0.2, 0) is 24.7 Å². The van der Waals surface area contributed by atoms with Crippen molar-refractivity contribution in [3.8, 4) is 0 Å². The van der Waals surface area contributed by atoms with E-state index < -0.39 is 18.3 Å². The molecule has 0 radical (unpaired) electrons. The number of hydrogen-bond acceptors (Lipinski definition) is 0. The predicted octanol–water partition coefficient (Wildman–Crippen LogP) is 13.5. The van der Waals surface area contributed by atoms with Gasteiger partial charge >= 0.3 is 322 Å². The fourth-order valence-electron chi connectivity index (χ4n) is 12.8. The molecule has 5 aliphatic rings. The van der Waals surface area contributed by atoms with E-state index in [0.29, 0.717) is 5.92 Å². The van der Waals surface area contributed by atoms with Crippen LogP contribution in [0.4, 0.5) is 0 Å².